The van der Waals surface area contributed by atoms with E-state index in [0.717, 1.165) is 6.41 Å². The zero-order chi connectivity index (χ0) is 28.2. The predicted octanol–water partition coefficient (Wildman–Crippen LogP) is 3.28. The van der Waals surface area contributed by atoms with Crippen LogP contribution in [0, 0.1) is 11.8 Å². The first-order chi connectivity index (χ1) is 18.2. The van der Waals surface area contributed by atoms with Gasteiger partial charge < -0.3 is 20.2 Å². The number of nitrogens with one attached hydrogen (secondary N) is 1. The van der Waals surface area contributed by atoms with E-state index in [1.807, 2.05) is 31.2 Å². The van der Waals surface area contributed by atoms with E-state index >= 15 is 0 Å². The molecule has 1 aliphatic carbocycles. The third-order valence-corrected chi connectivity index (χ3v) is 6.94. The monoisotopic (exact) mass is 544 g/mol. The molecule has 0 saturated heterocycles. The molecule has 0 aromatic carbocycles. The van der Waals surface area contributed by atoms with Gasteiger partial charge in [-0.05, 0) is 25.3 Å². The zero-order valence-electron chi connectivity index (χ0n) is 23.0. The highest BCUT2D eigenvalue weighted by atomic mass is 35.5. The smallest absolute Gasteiger partial charge is 0.215 e. The van der Waals surface area contributed by atoms with Crippen LogP contribution in [0.4, 0.5) is 11.6 Å². The van der Waals surface area contributed by atoms with Crippen molar-refractivity contribution >= 4 is 41.9 Å². The number of pyridine rings is 1. The summed E-state index contributed by atoms with van der Waals surface area (Å²) >= 11 is 6.75. The van der Waals surface area contributed by atoms with Gasteiger partial charge in [0.15, 0.2) is 0 Å². The largest absolute Gasteiger partial charge is 0.395 e. The van der Waals surface area contributed by atoms with Crippen LogP contribution in [0.15, 0.2) is 48.0 Å². The number of hydrogen-bond acceptors (Lipinski definition) is 6. The number of aliphatic imine (C=N–C) groups is 1. The molecule has 1 aliphatic rings. The van der Waals surface area contributed by atoms with Crippen LogP contribution in [-0.4, -0.2) is 86.1 Å². The van der Waals surface area contributed by atoms with E-state index < -0.39 is 0 Å². The Morgan fingerprint density at radius 3 is 2.53 bits per heavy atom. The van der Waals surface area contributed by atoms with E-state index in [1.54, 1.807) is 30.0 Å². The van der Waals surface area contributed by atoms with Gasteiger partial charge in [0.05, 0.1) is 23.2 Å². The van der Waals surface area contributed by atoms with Crippen molar-refractivity contribution in [2.24, 2.45) is 16.8 Å². The van der Waals surface area contributed by atoms with Gasteiger partial charge in [0.25, 0.3) is 0 Å². The second kappa shape index (κ2) is 15.3. The van der Waals surface area contributed by atoms with Crippen LogP contribution in [0.25, 0.3) is 0 Å². The first kappa shape index (κ1) is 31.1. The maximum atomic E-state index is 12.8. The minimum atomic E-state index is -0.269. The molecule has 1 aromatic rings. The average molecular weight is 545 g/mol. The molecular formula is C28H41ClN6O3. The van der Waals surface area contributed by atoms with E-state index in [2.05, 4.69) is 41.7 Å². The van der Waals surface area contributed by atoms with Crippen molar-refractivity contribution in [2.75, 3.05) is 50.1 Å². The Morgan fingerprint density at radius 1 is 1.24 bits per heavy atom. The summed E-state index contributed by atoms with van der Waals surface area (Å²) in [4.78, 5) is 38.8. The van der Waals surface area contributed by atoms with Crippen molar-refractivity contribution in [3.05, 3.63) is 53.6 Å². The lowest BCUT2D eigenvalue weighted by Crippen LogP contribution is -2.46. The molecule has 208 valence electrons. The van der Waals surface area contributed by atoms with Crippen LogP contribution in [0.5, 0.6) is 0 Å². The number of anilines is 2. The number of rotatable bonds is 15. The summed E-state index contributed by atoms with van der Waals surface area (Å²) in [6.07, 6.45) is 12.0. The molecule has 2 rings (SSSR count). The van der Waals surface area contributed by atoms with Crippen molar-refractivity contribution in [1.29, 1.82) is 0 Å². The predicted molar refractivity (Wildman–Crippen MR) is 156 cm³/mol. The van der Waals surface area contributed by atoms with Crippen LogP contribution in [0.3, 0.4) is 0 Å². The lowest BCUT2D eigenvalue weighted by Gasteiger charge is -2.37. The number of amides is 2. The van der Waals surface area contributed by atoms with Gasteiger partial charge in [0.1, 0.15) is 17.5 Å². The van der Waals surface area contributed by atoms with Crippen molar-refractivity contribution in [1.82, 2.24) is 15.2 Å². The molecule has 0 spiro atoms. The van der Waals surface area contributed by atoms with Gasteiger partial charge >= 0.3 is 0 Å². The normalized spacial score (nSPS) is 17.7. The molecule has 10 heteroatoms. The van der Waals surface area contributed by atoms with Crippen LogP contribution in [0.1, 0.15) is 32.8 Å². The summed E-state index contributed by atoms with van der Waals surface area (Å²) < 4.78 is 0. The Bertz CT molecular complexity index is 1040. The van der Waals surface area contributed by atoms with Gasteiger partial charge in [-0.15, -0.1) is 6.58 Å². The van der Waals surface area contributed by atoms with Gasteiger partial charge in [-0.1, -0.05) is 55.8 Å². The standard InChI is InChI=1S/C28H41ClN6O3/c1-7-8-13-34(21(4)17-31-18-37)26(30-5)23-16-24(29)28(33(6)14-15-36)32-27(23)35(19-38)25-12-10-9-11-22(25)20(2)3/h7,9-12,16,18-22,25,36H,1,8,13-15,17H2,2-6H3,(H,31,37)/b30-26+. The van der Waals surface area contributed by atoms with Crippen LogP contribution < -0.4 is 15.1 Å². The van der Waals surface area contributed by atoms with Gasteiger partial charge in [-0.2, -0.15) is 0 Å². The summed E-state index contributed by atoms with van der Waals surface area (Å²) in [6.45, 7) is 11.3. The number of carbonyl (C=O) groups is 2. The summed E-state index contributed by atoms with van der Waals surface area (Å²) in [5.74, 6) is 1.81. The average Bonchev–Trinajstić information content (AvgIpc) is 2.91. The number of aromatic nitrogens is 1. The number of hydrogen-bond donors (Lipinski definition) is 2. The number of aliphatic hydroxyl groups is 1. The minimum absolute atomic E-state index is 0.0729. The third kappa shape index (κ3) is 7.45. The van der Waals surface area contributed by atoms with E-state index in [4.69, 9.17) is 16.6 Å². The molecule has 9 nitrogen and oxygen atoms in total. The third-order valence-electron chi connectivity index (χ3n) is 6.66. The van der Waals surface area contributed by atoms with Gasteiger partial charge in [-0.3, -0.25) is 19.5 Å². The Hall–Kier alpha value is -3.17. The first-order valence-electron chi connectivity index (χ1n) is 12.9. The molecule has 0 saturated carbocycles. The van der Waals surface area contributed by atoms with Crippen molar-refractivity contribution < 1.29 is 14.7 Å². The maximum Gasteiger partial charge on any atom is 0.215 e. The Labute approximate surface area is 231 Å². The molecule has 0 aliphatic heterocycles. The number of allylic oxidation sites excluding steroid dienone is 2. The second-order valence-corrected chi connectivity index (χ2v) is 10.0. The molecule has 2 N–H and O–H groups in total. The summed E-state index contributed by atoms with van der Waals surface area (Å²) in [7, 11) is 3.47. The lowest BCUT2D eigenvalue weighted by atomic mass is 9.84. The molecule has 0 radical (unpaired) electrons. The number of likely N-dealkylation sites (N-methyl/N-ethyl adjacent to an activating group) is 1. The number of carbonyl (C=O) groups excluding carboxylic acids is 2. The number of aliphatic hydroxyl groups excluding tert-OH is 1. The van der Waals surface area contributed by atoms with Crippen LogP contribution >= 0.6 is 11.6 Å². The molecule has 1 heterocycles. The summed E-state index contributed by atoms with van der Waals surface area (Å²) in [6, 6.07) is 1.39. The van der Waals surface area contributed by atoms with E-state index in [-0.39, 0.29) is 30.5 Å². The van der Waals surface area contributed by atoms with Crippen molar-refractivity contribution in [3.8, 4) is 0 Å². The quantitative estimate of drug-likeness (QED) is 0.152. The molecule has 3 atom stereocenters. The van der Waals surface area contributed by atoms with E-state index in [0.29, 0.717) is 60.5 Å². The van der Waals surface area contributed by atoms with Gasteiger partial charge in [-0.25, -0.2) is 4.98 Å². The highest BCUT2D eigenvalue weighted by Gasteiger charge is 2.33. The van der Waals surface area contributed by atoms with Gasteiger partial charge in [0, 0.05) is 45.7 Å². The maximum absolute atomic E-state index is 12.8. The summed E-state index contributed by atoms with van der Waals surface area (Å²) in [5, 5.41) is 12.6. The number of amidine groups is 1. The Kier molecular flexibility index (Phi) is 12.5. The van der Waals surface area contributed by atoms with E-state index in [9.17, 15) is 14.7 Å². The molecular weight excluding hydrogens is 504 g/mol. The fourth-order valence-electron chi connectivity index (χ4n) is 4.62. The fraction of sp³-hybridized carbons (Fsp3) is 0.500. The zero-order valence-corrected chi connectivity index (χ0v) is 23.8. The Balaban J connectivity index is 2.77. The molecule has 1 aromatic heterocycles. The SMILES string of the molecule is C=CCCN(/C(=N/C)c1cc(Cl)c(N(C)CCO)nc1N(C=O)C1C=CC=CC1C(C)C)C(C)CNC=O. The molecule has 38 heavy (non-hydrogen) atoms. The first-order valence-corrected chi connectivity index (χ1v) is 13.3. The molecule has 0 fully saturated rings. The Morgan fingerprint density at radius 2 is 1.95 bits per heavy atom. The molecule has 3 unspecified atom stereocenters. The minimum Gasteiger partial charge on any atom is -0.395 e. The number of nitrogens with zero attached hydrogens (tertiary/aromatic N) is 5. The van der Waals surface area contributed by atoms with Gasteiger partial charge in [0.2, 0.25) is 12.8 Å². The van der Waals surface area contributed by atoms with Crippen molar-refractivity contribution in [2.45, 2.75) is 39.3 Å². The van der Waals surface area contributed by atoms with E-state index in [1.165, 1.54) is 0 Å². The fourth-order valence-corrected chi connectivity index (χ4v) is 4.92. The van der Waals surface area contributed by atoms with Crippen LogP contribution in [0.2, 0.25) is 5.02 Å². The lowest BCUT2D eigenvalue weighted by molar-refractivity contribution is -0.110. The highest BCUT2D eigenvalue weighted by molar-refractivity contribution is 6.33. The topological polar surface area (TPSA) is 101 Å². The van der Waals surface area contributed by atoms with Crippen LogP contribution in [-0.2, 0) is 9.59 Å². The summed E-state index contributed by atoms with van der Waals surface area (Å²) in [5.41, 5.74) is 0.596. The second-order valence-electron chi connectivity index (χ2n) is 9.60. The molecule has 0 bridgehead atoms. The highest BCUT2D eigenvalue weighted by Crippen LogP contribution is 2.35. The molecule has 2 amide bonds. The van der Waals surface area contributed by atoms with Crippen molar-refractivity contribution in [3.63, 3.8) is 0 Å². The number of halogens is 1.